The summed E-state index contributed by atoms with van der Waals surface area (Å²) in [5.41, 5.74) is 1.60. The van der Waals surface area contributed by atoms with Crippen molar-refractivity contribution in [2.75, 3.05) is 7.11 Å². The lowest BCUT2D eigenvalue weighted by Crippen LogP contribution is -1.99. The Hall–Kier alpha value is -0.100. The lowest BCUT2D eigenvalue weighted by atomic mass is 10.0. The summed E-state index contributed by atoms with van der Waals surface area (Å²) in [7, 11) is 1.58. The molecule has 0 amide bonds. The highest BCUT2D eigenvalue weighted by atomic mass is 79.9. The second-order valence-electron chi connectivity index (χ2n) is 4.05. The van der Waals surface area contributed by atoms with Crippen molar-refractivity contribution in [1.82, 2.24) is 0 Å². The van der Waals surface area contributed by atoms with E-state index in [1.807, 2.05) is 6.07 Å². The molecule has 0 aromatic heterocycles. The predicted octanol–water partition coefficient (Wildman–Crippen LogP) is 6.50. The summed E-state index contributed by atoms with van der Waals surface area (Å²) in [6.45, 7) is 0. The molecule has 2 rings (SSSR count). The molecule has 2 aromatic rings. The van der Waals surface area contributed by atoms with E-state index in [0.717, 1.165) is 15.6 Å². The SMILES string of the molecule is COc1c(Br)cc(Cl)cc1C(Br)c1ccc(Br)c(F)c1. The Balaban J connectivity index is 2.52. The molecule has 1 nitrogen and oxygen atoms in total. The van der Waals surface area contributed by atoms with Gasteiger partial charge in [-0.1, -0.05) is 33.6 Å². The summed E-state index contributed by atoms with van der Waals surface area (Å²) in [5.74, 6) is 0.353. The van der Waals surface area contributed by atoms with Crippen LogP contribution in [0, 0.1) is 5.82 Å². The standard InChI is InChI=1S/C14H9Br3ClFO/c1-20-14-9(5-8(18)6-11(14)16)13(17)7-2-3-10(15)12(19)4-7/h2-6,13H,1H3. The largest absolute Gasteiger partial charge is 0.495 e. The third kappa shape index (κ3) is 3.38. The zero-order valence-corrected chi connectivity index (χ0v) is 15.8. The van der Waals surface area contributed by atoms with Crippen LogP contribution in [0.2, 0.25) is 5.02 Å². The maximum Gasteiger partial charge on any atom is 0.137 e. The van der Waals surface area contributed by atoms with Crippen LogP contribution in [0.15, 0.2) is 39.3 Å². The van der Waals surface area contributed by atoms with Gasteiger partial charge >= 0.3 is 0 Å². The fourth-order valence-electron chi connectivity index (χ4n) is 1.83. The molecule has 1 atom stereocenters. The number of benzene rings is 2. The van der Waals surface area contributed by atoms with Crippen molar-refractivity contribution in [1.29, 1.82) is 0 Å². The minimum Gasteiger partial charge on any atom is -0.495 e. The highest BCUT2D eigenvalue weighted by Gasteiger charge is 2.19. The minimum absolute atomic E-state index is 0.227. The van der Waals surface area contributed by atoms with E-state index in [-0.39, 0.29) is 10.6 Å². The van der Waals surface area contributed by atoms with Crippen LogP contribution in [-0.4, -0.2) is 7.11 Å². The Bertz CT molecular complexity index is 649. The van der Waals surface area contributed by atoms with Crippen LogP contribution in [0.3, 0.4) is 0 Å². The van der Waals surface area contributed by atoms with Crippen LogP contribution in [0.5, 0.6) is 5.75 Å². The van der Waals surface area contributed by atoms with Gasteiger partial charge in [-0.2, -0.15) is 0 Å². The van der Waals surface area contributed by atoms with Gasteiger partial charge in [-0.25, -0.2) is 4.39 Å². The molecule has 0 spiro atoms. The lowest BCUT2D eigenvalue weighted by Gasteiger charge is -2.17. The fourth-order valence-corrected chi connectivity index (χ4v) is 3.70. The van der Waals surface area contributed by atoms with Crippen LogP contribution in [0.25, 0.3) is 0 Å². The maximum absolute atomic E-state index is 13.7. The number of hydrogen-bond donors (Lipinski definition) is 0. The third-order valence-electron chi connectivity index (χ3n) is 2.75. The summed E-state index contributed by atoms with van der Waals surface area (Å²) >= 11 is 16.2. The molecule has 106 valence electrons. The average Bonchev–Trinajstić information content (AvgIpc) is 2.40. The second-order valence-corrected chi connectivity index (χ2v) is 7.11. The zero-order valence-electron chi connectivity index (χ0n) is 10.3. The van der Waals surface area contributed by atoms with Crippen molar-refractivity contribution in [3.05, 3.63) is 61.2 Å². The summed E-state index contributed by atoms with van der Waals surface area (Å²) in [4.78, 5) is -0.227. The van der Waals surface area contributed by atoms with E-state index >= 15 is 0 Å². The molecule has 0 saturated carbocycles. The molecule has 6 heteroatoms. The molecule has 0 bridgehead atoms. The van der Waals surface area contributed by atoms with Gasteiger partial charge in [0.15, 0.2) is 0 Å². The Labute approximate surface area is 146 Å². The van der Waals surface area contributed by atoms with E-state index in [9.17, 15) is 4.39 Å². The van der Waals surface area contributed by atoms with Crippen LogP contribution in [0.4, 0.5) is 4.39 Å². The molecular weight excluding hydrogens is 478 g/mol. The molecule has 0 aliphatic rings. The second kappa shape index (κ2) is 6.77. The number of ether oxygens (including phenoxy) is 1. The van der Waals surface area contributed by atoms with E-state index < -0.39 is 0 Å². The molecule has 0 aliphatic carbocycles. The van der Waals surface area contributed by atoms with E-state index in [4.69, 9.17) is 16.3 Å². The molecule has 0 N–H and O–H groups in total. The predicted molar refractivity (Wildman–Crippen MR) is 90.6 cm³/mol. The first-order valence-electron chi connectivity index (χ1n) is 5.56. The molecule has 1 unspecified atom stereocenters. The quantitative estimate of drug-likeness (QED) is 0.450. The minimum atomic E-state index is -0.313. The van der Waals surface area contributed by atoms with Gasteiger partial charge in [-0.05, 0) is 61.7 Å². The smallest absolute Gasteiger partial charge is 0.137 e. The molecule has 0 heterocycles. The number of rotatable bonds is 3. The van der Waals surface area contributed by atoms with E-state index in [2.05, 4.69) is 47.8 Å². The Morgan fingerprint density at radius 1 is 1.15 bits per heavy atom. The monoisotopic (exact) mass is 484 g/mol. The average molecular weight is 487 g/mol. The molecule has 2 aromatic carbocycles. The third-order valence-corrected chi connectivity index (χ3v) is 5.22. The maximum atomic E-state index is 13.7. The fraction of sp³-hybridized carbons (Fsp3) is 0.143. The van der Waals surface area contributed by atoms with E-state index in [1.54, 1.807) is 25.3 Å². The van der Waals surface area contributed by atoms with Gasteiger partial charge < -0.3 is 4.74 Å². The highest BCUT2D eigenvalue weighted by Crippen LogP contribution is 2.42. The van der Waals surface area contributed by atoms with E-state index in [1.165, 1.54) is 6.07 Å². The Morgan fingerprint density at radius 2 is 1.85 bits per heavy atom. The Morgan fingerprint density at radius 3 is 2.45 bits per heavy atom. The van der Waals surface area contributed by atoms with Gasteiger partial charge in [0.1, 0.15) is 11.6 Å². The first kappa shape index (κ1) is 16.3. The lowest BCUT2D eigenvalue weighted by molar-refractivity contribution is 0.408. The van der Waals surface area contributed by atoms with Gasteiger partial charge in [-0.15, -0.1) is 0 Å². The van der Waals surface area contributed by atoms with Crippen molar-refractivity contribution in [2.24, 2.45) is 0 Å². The number of halogens is 5. The Kier molecular flexibility index (Phi) is 5.51. The van der Waals surface area contributed by atoms with Gasteiger partial charge in [0.25, 0.3) is 0 Å². The van der Waals surface area contributed by atoms with Crippen LogP contribution in [0.1, 0.15) is 16.0 Å². The van der Waals surface area contributed by atoms with Crippen LogP contribution in [-0.2, 0) is 0 Å². The molecular formula is C14H9Br3ClFO. The summed E-state index contributed by atoms with van der Waals surface area (Å²) < 4.78 is 20.2. The van der Waals surface area contributed by atoms with Crippen LogP contribution < -0.4 is 4.74 Å². The summed E-state index contributed by atoms with van der Waals surface area (Å²) in [5, 5.41) is 0.578. The zero-order chi connectivity index (χ0) is 14.9. The summed E-state index contributed by atoms with van der Waals surface area (Å²) in [6, 6.07) is 8.53. The van der Waals surface area contributed by atoms with Crippen molar-refractivity contribution < 1.29 is 9.13 Å². The van der Waals surface area contributed by atoms with E-state index in [0.29, 0.717) is 15.2 Å². The van der Waals surface area contributed by atoms with Gasteiger partial charge in [0.05, 0.1) is 20.9 Å². The number of methoxy groups -OCH3 is 1. The highest BCUT2D eigenvalue weighted by molar-refractivity contribution is 9.11. The van der Waals surface area contributed by atoms with Gasteiger partial charge in [0, 0.05) is 10.6 Å². The van der Waals surface area contributed by atoms with Crippen molar-refractivity contribution in [2.45, 2.75) is 4.83 Å². The molecule has 0 aliphatic heterocycles. The van der Waals surface area contributed by atoms with Crippen molar-refractivity contribution >= 4 is 59.4 Å². The first-order chi connectivity index (χ1) is 9.43. The normalized spacial score (nSPS) is 12.3. The van der Waals surface area contributed by atoms with Crippen molar-refractivity contribution in [3.8, 4) is 5.75 Å². The number of alkyl halides is 1. The number of hydrogen-bond acceptors (Lipinski definition) is 1. The van der Waals surface area contributed by atoms with Crippen LogP contribution >= 0.6 is 59.4 Å². The van der Waals surface area contributed by atoms with Gasteiger partial charge in [-0.3, -0.25) is 0 Å². The van der Waals surface area contributed by atoms with Crippen molar-refractivity contribution in [3.63, 3.8) is 0 Å². The molecule has 0 fully saturated rings. The molecule has 0 saturated heterocycles. The first-order valence-corrected chi connectivity index (χ1v) is 8.44. The molecule has 20 heavy (non-hydrogen) atoms. The molecule has 0 radical (unpaired) electrons. The topological polar surface area (TPSA) is 9.23 Å². The summed E-state index contributed by atoms with van der Waals surface area (Å²) in [6.07, 6.45) is 0. The van der Waals surface area contributed by atoms with Gasteiger partial charge in [0.2, 0.25) is 0 Å².